The molecule has 2 aromatic carbocycles. The minimum atomic E-state index is -0.337. The largest absolute Gasteiger partial charge is 0.423 e. The van der Waals surface area contributed by atoms with Crippen LogP contribution in [0.15, 0.2) is 62.7 Å². The van der Waals surface area contributed by atoms with E-state index in [0.29, 0.717) is 10.9 Å². The molecular weight excluding hydrogens is 394 g/mol. The number of benzene rings is 2. The van der Waals surface area contributed by atoms with E-state index in [4.69, 9.17) is 4.42 Å². The normalized spacial score (nSPS) is 15.4. The molecule has 2 heterocycles. The maximum absolute atomic E-state index is 11.6. The number of nitrogens with zero attached hydrogens (tertiary/aromatic N) is 2. The fourth-order valence-electron chi connectivity index (χ4n) is 2.65. The molecule has 2 amide bonds. The van der Waals surface area contributed by atoms with Crippen molar-refractivity contribution >= 4 is 57.9 Å². The lowest BCUT2D eigenvalue weighted by atomic mass is 10.2. The molecule has 0 aliphatic carbocycles. The molecule has 4 rings (SSSR count). The molecule has 1 fully saturated rings. The van der Waals surface area contributed by atoms with Crippen molar-refractivity contribution in [3.63, 3.8) is 0 Å². The van der Waals surface area contributed by atoms with Crippen LogP contribution in [0.2, 0.25) is 0 Å². The van der Waals surface area contributed by atoms with Gasteiger partial charge in [-0.3, -0.25) is 14.9 Å². The van der Waals surface area contributed by atoms with E-state index in [1.165, 1.54) is 0 Å². The molecule has 1 aliphatic rings. The average molecular weight is 412 g/mol. The molecule has 142 valence electrons. The number of aromatic nitrogens is 1. The van der Waals surface area contributed by atoms with E-state index in [2.05, 4.69) is 10.3 Å². The second kappa shape index (κ2) is 8.12. The first-order valence-corrected chi connectivity index (χ1v) is 10.4. The van der Waals surface area contributed by atoms with Gasteiger partial charge in [0.1, 0.15) is 5.52 Å². The first-order chi connectivity index (χ1) is 13.6. The van der Waals surface area contributed by atoms with Gasteiger partial charge in [-0.15, -0.1) is 11.8 Å². The zero-order chi connectivity index (χ0) is 19.5. The van der Waals surface area contributed by atoms with E-state index >= 15 is 0 Å². The van der Waals surface area contributed by atoms with Crippen molar-refractivity contribution in [1.82, 2.24) is 10.3 Å². The molecule has 1 N–H and O–H groups in total. The lowest BCUT2D eigenvalue weighted by molar-refractivity contribution is -0.115. The van der Waals surface area contributed by atoms with Crippen molar-refractivity contribution in [3.8, 4) is 0 Å². The van der Waals surface area contributed by atoms with Gasteiger partial charge in [0.25, 0.3) is 17.2 Å². The summed E-state index contributed by atoms with van der Waals surface area (Å²) in [5, 5.41) is 1.93. The van der Waals surface area contributed by atoms with E-state index in [1.807, 2.05) is 60.5 Å². The number of hydrogen-bond acceptors (Lipinski definition) is 7. The number of hydrogen-bond donors (Lipinski definition) is 1. The Kier molecular flexibility index (Phi) is 5.40. The molecule has 6 nitrogen and oxygen atoms in total. The predicted molar refractivity (Wildman–Crippen MR) is 114 cm³/mol. The monoisotopic (exact) mass is 411 g/mol. The van der Waals surface area contributed by atoms with Crippen LogP contribution in [0, 0.1) is 0 Å². The second-order valence-corrected chi connectivity index (χ2v) is 8.34. The van der Waals surface area contributed by atoms with Gasteiger partial charge in [-0.2, -0.15) is 4.98 Å². The summed E-state index contributed by atoms with van der Waals surface area (Å²) in [6.07, 6.45) is 1.72. The molecule has 0 atom stereocenters. The number of amides is 2. The summed E-state index contributed by atoms with van der Waals surface area (Å²) >= 11 is 2.66. The maximum Gasteiger partial charge on any atom is 0.298 e. The van der Waals surface area contributed by atoms with Crippen LogP contribution in [-0.4, -0.2) is 35.5 Å². The maximum atomic E-state index is 11.6. The number of anilines is 1. The Morgan fingerprint density at radius 2 is 1.96 bits per heavy atom. The SMILES string of the molecule is CN(CCSc1ccc(C=C2SC(=O)NC2=O)cc1)c1nc2ccccc2o1. The molecule has 8 heteroatoms. The Hall–Kier alpha value is -2.71. The summed E-state index contributed by atoms with van der Waals surface area (Å²) in [5.41, 5.74) is 2.54. The summed E-state index contributed by atoms with van der Waals surface area (Å²) in [6, 6.07) is 16.2. The standard InChI is InChI=1S/C20H17N3O3S2/c1-23(19-21-15-4-2-3-5-16(15)26-19)10-11-27-14-8-6-13(7-9-14)12-17-18(24)22-20(25)28-17/h2-9,12H,10-11H2,1H3,(H,22,24,25). The van der Waals surface area contributed by atoms with E-state index in [0.717, 1.165) is 45.6 Å². The molecule has 0 bridgehead atoms. The molecule has 28 heavy (non-hydrogen) atoms. The number of carbonyl (C=O) groups is 2. The Morgan fingerprint density at radius 1 is 1.18 bits per heavy atom. The highest BCUT2D eigenvalue weighted by Gasteiger charge is 2.24. The van der Waals surface area contributed by atoms with Crippen LogP contribution in [0.25, 0.3) is 17.2 Å². The van der Waals surface area contributed by atoms with Crippen molar-refractivity contribution in [3.05, 3.63) is 59.0 Å². The quantitative estimate of drug-likeness (QED) is 0.476. The number of para-hydroxylation sites is 2. The van der Waals surface area contributed by atoms with E-state index in [-0.39, 0.29) is 11.1 Å². The Balaban J connectivity index is 1.32. The fraction of sp³-hybridized carbons (Fsp3) is 0.150. The predicted octanol–water partition coefficient (Wildman–Crippen LogP) is 4.38. The van der Waals surface area contributed by atoms with Crippen LogP contribution in [0.3, 0.4) is 0 Å². The lowest BCUT2D eigenvalue weighted by Crippen LogP contribution is -2.20. The number of oxazole rings is 1. The molecule has 3 aromatic rings. The molecule has 0 spiro atoms. The van der Waals surface area contributed by atoms with Crippen molar-refractivity contribution in [2.45, 2.75) is 4.90 Å². The van der Waals surface area contributed by atoms with Gasteiger partial charge in [-0.25, -0.2) is 0 Å². The van der Waals surface area contributed by atoms with Crippen LogP contribution < -0.4 is 10.2 Å². The van der Waals surface area contributed by atoms with Gasteiger partial charge in [0.15, 0.2) is 5.58 Å². The van der Waals surface area contributed by atoms with Crippen LogP contribution in [0.4, 0.5) is 10.8 Å². The highest BCUT2D eigenvalue weighted by Crippen LogP contribution is 2.27. The van der Waals surface area contributed by atoms with E-state index in [1.54, 1.807) is 17.8 Å². The first-order valence-electron chi connectivity index (χ1n) is 8.63. The molecule has 0 saturated carbocycles. The smallest absolute Gasteiger partial charge is 0.298 e. The highest BCUT2D eigenvalue weighted by atomic mass is 32.2. The number of imide groups is 1. The third-order valence-corrected chi connectivity index (χ3v) is 5.93. The minimum Gasteiger partial charge on any atom is -0.423 e. The third-order valence-electron chi connectivity index (χ3n) is 4.12. The van der Waals surface area contributed by atoms with E-state index in [9.17, 15) is 9.59 Å². The summed E-state index contributed by atoms with van der Waals surface area (Å²) in [4.78, 5) is 30.8. The number of fused-ring (bicyclic) bond motifs is 1. The van der Waals surface area contributed by atoms with E-state index < -0.39 is 0 Å². The van der Waals surface area contributed by atoms with Gasteiger partial charge in [0.2, 0.25) is 0 Å². The highest BCUT2D eigenvalue weighted by molar-refractivity contribution is 8.18. The summed E-state index contributed by atoms with van der Waals surface area (Å²) < 4.78 is 5.77. The number of nitrogens with one attached hydrogen (secondary N) is 1. The topological polar surface area (TPSA) is 75.4 Å². The minimum absolute atomic E-state index is 0.327. The van der Waals surface area contributed by atoms with Crippen molar-refractivity contribution < 1.29 is 14.0 Å². The lowest BCUT2D eigenvalue weighted by Gasteiger charge is -2.13. The Labute approximate surface area is 170 Å². The number of rotatable bonds is 6. The Bertz CT molecular complexity index is 1030. The molecule has 1 aliphatic heterocycles. The van der Waals surface area contributed by atoms with Crippen molar-refractivity contribution in [2.75, 3.05) is 24.2 Å². The number of carbonyl (C=O) groups excluding carboxylic acids is 2. The van der Waals surface area contributed by atoms with Gasteiger partial charge in [0, 0.05) is 24.2 Å². The van der Waals surface area contributed by atoms with Crippen molar-refractivity contribution in [1.29, 1.82) is 0 Å². The average Bonchev–Trinajstić information content (AvgIpc) is 3.26. The van der Waals surface area contributed by atoms with Crippen molar-refractivity contribution in [2.24, 2.45) is 0 Å². The van der Waals surface area contributed by atoms with Crippen LogP contribution >= 0.6 is 23.5 Å². The zero-order valence-electron chi connectivity index (χ0n) is 15.0. The van der Waals surface area contributed by atoms with Crippen LogP contribution in [0.5, 0.6) is 0 Å². The van der Waals surface area contributed by atoms with Gasteiger partial charge >= 0.3 is 0 Å². The van der Waals surface area contributed by atoms with Crippen LogP contribution in [-0.2, 0) is 4.79 Å². The summed E-state index contributed by atoms with van der Waals surface area (Å²) in [6.45, 7) is 0.794. The van der Waals surface area contributed by atoms with Gasteiger partial charge in [-0.1, -0.05) is 24.3 Å². The van der Waals surface area contributed by atoms with Gasteiger partial charge < -0.3 is 9.32 Å². The first kappa shape index (κ1) is 18.6. The van der Waals surface area contributed by atoms with Gasteiger partial charge in [0.05, 0.1) is 4.91 Å². The number of thioether (sulfide) groups is 2. The molecular formula is C20H17N3O3S2. The second-order valence-electron chi connectivity index (χ2n) is 6.16. The Morgan fingerprint density at radius 3 is 2.68 bits per heavy atom. The summed E-state index contributed by atoms with van der Waals surface area (Å²) in [5.74, 6) is 0.540. The zero-order valence-corrected chi connectivity index (χ0v) is 16.7. The molecule has 0 unspecified atom stereocenters. The molecule has 0 radical (unpaired) electrons. The summed E-state index contributed by atoms with van der Waals surface area (Å²) in [7, 11) is 1.96. The third kappa shape index (κ3) is 4.23. The molecule has 1 aromatic heterocycles. The van der Waals surface area contributed by atoms with Crippen LogP contribution in [0.1, 0.15) is 5.56 Å². The molecule has 1 saturated heterocycles. The fourth-order valence-corrected chi connectivity index (χ4v) is 4.26. The van der Waals surface area contributed by atoms with Gasteiger partial charge in [-0.05, 0) is 47.7 Å².